The Hall–Kier alpha value is -3.29. The first-order chi connectivity index (χ1) is 16.0. The van der Waals surface area contributed by atoms with E-state index in [0.29, 0.717) is 38.2 Å². The van der Waals surface area contributed by atoms with Gasteiger partial charge in [-0.2, -0.15) is 4.98 Å². The lowest BCUT2D eigenvalue weighted by Gasteiger charge is -2.18. The minimum absolute atomic E-state index is 0.307. The van der Waals surface area contributed by atoms with Gasteiger partial charge in [-0.05, 0) is 55.3 Å². The zero-order valence-corrected chi connectivity index (χ0v) is 19.4. The molecule has 0 unspecified atom stereocenters. The Labute approximate surface area is 200 Å². The zero-order chi connectivity index (χ0) is 22.9. The molecule has 0 spiro atoms. The molecule has 0 saturated carbocycles. The van der Waals surface area contributed by atoms with Gasteiger partial charge in [-0.25, -0.2) is 4.98 Å². The first kappa shape index (κ1) is 21.6. The van der Waals surface area contributed by atoms with Gasteiger partial charge in [0, 0.05) is 41.6 Å². The molecule has 2 aromatic carbocycles. The summed E-state index contributed by atoms with van der Waals surface area (Å²) < 4.78 is 1.12. The molecule has 1 aliphatic heterocycles. The highest BCUT2D eigenvalue weighted by Gasteiger charge is 2.18. The molecule has 1 aliphatic rings. The minimum Gasteiger partial charge on any atom is -0.412 e. The summed E-state index contributed by atoms with van der Waals surface area (Å²) in [6.07, 6.45) is 4.10. The van der Waals surface area contributed by atoms with E-state index >= 15 is 0 Å². The molecule has 0 bridgehead atoms. The molecule has 7 nitrogen and oxygen atoms in total. The summed E-state index contributed by atoms with van der Waals surface area (Å²) in [7, 11) is 1.41. The van der Waals surface area contributed by atoms with Crippen LogP contribution in [0.25, 0.3) is 22.2 Å². The molecule has 0 radical (unpaired) electrons. The lowest BCUT2D eigenvalue weighted by Crippen LogP contribution is -2.27. The number of rotatable bonds is 5. The molecule has 1 saturated heterocycles. The molecule has 0 aliphatic carbocycles. The summed E-state index contributed by atoms with van der Waals surface area (Å²) in [6, 6.07) is 14.9. The lowest BCUT2D eigenvalue weighted by molar-refractivity contribution is 0.168. The van der Waals surface area contributed by atoms with Crippen LogP contribution in [0.3, 0.4) is 0 Å². The maximum atomic E-state index is 13.2. The molecule has 2 aromatic heterocycles. The molecule has 0 amide bonds. The van der Waals surface area contributed by atoms with Gasteiger partial charge in [-0.1, -0.05) is 29.3 Å². The van der Waals surface area contributed by atoms with E-state index in [1.807, 2.05) is 12.1 Å². The Bertz CT molecular complexity index is 1360. The Kier molecular flexibility index (Phi) is 5.83. The smallest absolute Gasteiger partial charge is 0.293 e. The van der Waals surface area contributed by atoms with E-state index in [2.05, 4.69) is 32.3 Å². The highest BCUT2D eigenvalue weighted by molar-refractivity contribution is 6.39. The molecule has 0 atom stereocenters. The Morgan fingerprint density at radius 2 is 1.73 bits per heavy atom. The van der Waals surface area contributed by atoms with Crippen LogP contribution in [0, 0.1) is 0 Å². The van der Waals surface area contributed by atoms with E-state index in [9.17, 15) is 4.79 Å². The van der Waals surface area contributed by atoms with Crippen molar-refractivity contribution in [3.8, 4) is 11.1 Å². The first-order valence-corrected chi connectivity index (χ1v) is 11.3. The van der Waals surface area contributed by atoms with Crippen LogP contribution in [0.15, 0.2) is 59.5 Å². The average molecular weight is 482 g/mol. The number of hydrogen-bond acceptors (Lipinski definition) is 6. The zero-order valence-electron chi connectivity index (χ0n) is 17.9. The summed E-state index contributed by atoms with van der Waals surface area (Å²) >= 11 is 12.7. The van der Waals surface area contributed by atoms with Crippen LogP contribution in [0.5, 0.6) is 0 Å². The highest BCUT2D eigenvalue weighted by Crippen LogP contribution is 2.34. The molecule has 9 heteroatoms. The number of nitrogens with one attached hydrogen (secondary N) is 1. The predicted molar refractivity (Wildman–Crippen MR) is 133 cm³/mol. The third-order valence-corrected chi connectivity index (χ3v) is 6.34. The number of fused-ring (bicyclic) bond motifs is 1. The van der Waals surface area contributed by atoms with E-state index in [1.54, 1.807) is 30.5 Å². The van der Waals surface area contributed by atoms with Gasteiger partial charge < -0.3 is 15.1 Å². The number of benzene rings is 2. The number of anilines is 3. The third kappa shape index (κ3) is 4.10. The molecular formula is C24H21Cl2N5O2. The summed E-state index contributed by atoms with van der Waals surface area (Å²) in [4.78, 5) is 29.9. The second-order valence-electron chi connectivity index (χ2n) is 7.78. The van der Waals surface area contributed by atoms with Crippen molar-refractivity contribution in [3.63, 3.8) is 0 Å². The van der Waals surface area contributed by atoms with Gasteiger partial charge in [-0.15, -0.1) is 4.73 Å². The largest absolute Gasteiger partial charge is 0.412 e. The standard InChI is InChI=1S/C24H21Cl2N5O2/c1-33-31-22-15(13-18(23(31)32)21-19(25)5-4-6-20(21)26)14-27-24(29-22)28-16-7-9-17(10-8-16)30-11-2-3-12-30/h4-10,13-14H,2-3,11-12H2,1H3,(H,27,28,29). The van der Waals surface area contributed by atoms with Crippen molar-refractivity contribution in [2.24, 2.45) is 0 Å². The molecule has 3 heterocycles. The number of hydrogen-bond donors (Lipinski definition) is 1. The van der Waals surface area contributed by atoms with Gasteiger partial charge in [0.05, 0.1) is 15.6 Å². The Morgan fingerprint density at radius 1 is 1.03 bits per heavy atom. The number of nitrogens with zero attached hydrogens (tertiary/aromatic N) is 4. The molecule has 5 rings (SSSR count). The van der Waals surface area contributed by atoms with Gasteiger partial charge in [0.1, 0.15) is 7.11 Å². The van der Waals surface area contributed by atoms with Gasteiger partial charge >= 0.3 is 0 Å². The van der Waals surface area contributed by atoms with Crippen molar-refractivity contribution < 1.29 is 4.84 Å². The van der Waals surface area contributed by atoms with E-state index < -0.39 is 5.56 Å². The van der Waals surface area contributed by atoms with Crippen LogP contribution in [-0.2, 0) is 0 Å². The fourth-order valence-corrected chi connectivity index (χ4v) is 4.69. The van der Waals surface area contributed by atoms with Crippen LogP contribution < -0.4 is 20.6 Å². The van der Waals surface area contributed by atoms with Crippen LogP contribution in [0.2, 0.25) is 10.0 Å². The topological polar surface area (TPSA) is 72.3 Å². The Morgan fingerprint density at radius 3 is 2.39 bits per heavy atom. The number of pyridine rings is 1. The van der Waals surface area contributed by atoms with Crippen molar-refractivity contribution in [2.45, 2.75) is 12.8 Å². The van der Waals surface area contributed by atoms with Crippen LogP contribution >= 0.6 is 23.2 Å². The first-order valence-electron chi connectivity index (χ1n) is 10.6. The molecule has 4 aromatic rings. The van der Waals surface area contributed by atoms with Crippen LogP contribution in [-0.4, -0.2) is 34.9 Å². The predicted octanol–water partition coefficient (Wildman–Crippen LogP) is 5.17. The Balaban J connectivity index is 1.51. The molecular weight excluding hydrogens is 461 g/mol. The third-order valence-electron chi connectivity index (χ3n) is 5.71. The number of halogens is 2. The highest BCUT2D eigenvalue weighted by atomic mass is 35.5. The van der Waals surface area contributed by atoms with Crippen molar-refractivity contribution in [3.05, 3.63) is 75.1 Å². The maximum absolute atomic E-state index is 13.2. The van der Waals surface area contributed by atoms with Gasteiger partial charge in [0.15, 0.2) is 5.65 Å². The monoisotopic (exact) mass is 481 g/mol. The summed E-state index contributed by atoms with van der Waals surface area (Å²) in [5, 5.41) is 4.55. The van der Waals surface area contributed by atoms with E-state index in [-0.39, 0.29) is 0 Å². The summed E-state index contributed by atoms with van der Waals surface area (Å²) in [6.45, 7) is 2.19. The van der Waals surface area contributed by atoms with Gasteiger partial charge in [0.2, 0.25) is 5.95 Å². The van der Waals surface area contributed by atoms with Crippen LogP contribution in [0.4, 0.5) is 17.3 Å². The van der Waals surface area contributed by atoms with Crippen LogP contribution in [0.1, 0.15) is 12.8 Å². The lowest BCUT2D eigenvalue weighted by atomic mass is 10.1. The van der Waals surface area contributed by atoms with Crippen molar-refractivity contribution >= 4 is 51.6 Å². The van der Waals surface area contributed by atoms with Crippen molar-refractivity contribution in [1.82, 2.24) is 14.7 Å². The quantitative estimate of drug-likeness (QED) is 0.423. The maximum Gasteiger partial charge on any atom is 0.293 e. The molecule has 1 fully saturated rings. The van der Waals surface area contributed by atoms with Gasteiger partial charge in [0.25, 0.3) is 5.56 Å². The number of aromatic nitrogens is 3. The SMILES string of the molecule is COn1c(=O)c(-c2c(Cl)cccc2Cl)cc2cnc(Nc3ccc(N4CCCC4)cc3)nc21. The van der Waals surface area contributed by atoms with Crippen molar-refractivity contribution in [1.29, 1.82) is 0 Å². The summed E-state index contributed by atoms with van der Waals surface area (Å²) in [5.41, 5.74) is 2.72. The van der Waals surface area contributed by atoms with E-state index in [1.165, 1.54) is 25.6 Å². The van der Waals surface area contributed by atoms with Gasteiger partial charge in [-0.3, -0.25) is 4.79 Å². The second-order valence-corrected chi connectivity index (χ2v) is 8.59. The normalized spacial score (nSPS) is 13.5. The van der Waals surface area contributed by atoms with E-state index in [0.717, 1.165) is 23.5 Å². The second kappa shape index (κ2) is 8.92. The van der Waals surface area contributed by atoms with Crippen molar-refractivity contribution in [2.75, 3.05) is 30.4 Å². The minimum atomic E-state index is -0.417. The average Bonchev–Trinajstić information content (AvgIpc) is 3.35. The molecule has 33 heavy (non-hydrogen) atoms. The summed E-state index contributed by atoms with van der Waals surface area (Å²) in [5.74, 6) is 0.352. The molecule has 1 N–H and O–H groups in total. The molecule has 168 valence electrons. The van der Waals surface area contributed by atoms with E-state index in [4.69, 9.17) is 28.0 Å². The fraction of sp³-hybridized carbons (Fsp3) is 0.208. The fourth-order valence-electron chi connectivity index (χ4n) is 4.09.